The van der Waals surface area contributed by atoms with Crippen LogP contribution in [0.25, 0.3) is 0 Å². The third kappa shape index (κ3) is 2.75. The summed E-state index contributed by atoms with van der Waals surface area (Å²) in [5.74, 6) is -0.477. The fourth-order valence-electron chi connectivity index (χ4n) is 2.08. The van der Waals surface area contributed by atoms with Crippen molar-refractivity contribution < 1.29 is 14.2 Å². The highest BCUT2D eigenvalue weighted by atomic mass is 19.1. The summed E-state index contributed by atoms with van der Waals surface area (Å²) in [5.41, 5.74) is -0.560. The molecule has 0 spiro atoms. The number of nitrogens with zero attached hydrogens (tertiary/aromatic N) is 1. The number of hydrogen-bond acceptors (Lipinski definition) is 3. The second kappa shape index (κ2) is 4.72. The maximum absolute atomic E-state index is 13.5. The highest BCUT2D eigenvalue weighted by Crippen LogP contribution is 2.30. The molecule has 17 heavy (non-hydrogen) atoms. The Kier molecular flexibility index (Phi) is 3.30. The van der Waals surface area contributed by atoms with Crippen LogP contribution < -0.4 is 4.74 Å². The summed E-state index contributed by atoms with van der Waals surface area (Å²) in [6, 6.07) is 5.91. The van der Waals surface area contributed by atoms with Gasteiger partial charge >= 0.3 is 0 Å². The van der Waals surface area contributed by atoms with Crippen molar-refractivity contribution in [3.63, 3.8) is 0 Å². The third-order valence-electron chi connectivity index (χ3n) is 3.09. The van der Waals surface area contributed by atoms with Crippen LogP contribution in [0.3, 0.4) is 0 Å². The second-order valence-electron chi connectivity index (χ2n) is 4.48. The number of rotatable bonds is 3. The zero-order valence-corrected chi connectivity index (χ0v) is 9.45. The van der Waals surface area contributed by atoms with Crippen LogP contribution in [-0.2, 0) is 0 Å². The number of halogens is 1. The molecular formula is C13H14FNO2. The van der Waals surface area contributed by atoms with Gasteiger partial charge in [-0.25, -0.2) is 4.39 Å². The van der Waals surface area contributed by atoms with Crippen LogP contribution in [0.4, 0.5) is 4.39 Å². The van der Waals surface area contributed by atoms with E-state index in [0.717, 1.165) is 18.9 Å². The smallest absolute Gasteiger partial charge is 0.166 e. The molecule has 0 heterocycles. The minimum absolute atomic E-state index is 0.0873. The van der Waals surface area contributed by atoms with Crippen molar-refractivity contribution in [2.75, 3.05) is 6.61 Å². The van der Waals surface area contributed by atoms with Crippen LogP contribution in [0, 0.1) is 17.1 Å². The van der Waals surface area contributed by atoms with Crippen LogP contribution >= 0.6 is 0 Å². The molecule has 1 aliphatic rings. The van der Waals surface area contributed by atoms with E-state index in [4.69, 9.17) is 10.00 Å². The predicted octanol–water partition coefficient (Wildman–Crippen LogP) is 2.38. The second-order valence-corrected chi connectivity index (χ2v) is 4.48. The Labute approximate surface area is 99.4 Å². The first kappa shape index (κ1) is 11.9. The predicted molar refractivity (Wildman–Crippen MR) is 60.0 cm³/mol. The molecule has 1 aliphatic carbocycles. The average Bonchev–Trinajstić information content (AvgIpc) is 2.75. The van der Waals surface area contributed by atoms with E-state index in [2.05, 4.69) is 0 Å². The Morgan fingerprint density at radius 3 is 2.71 bits per heavy atom. The first-order valence-electron chi connectivity index (χ1n) is 5.68. The van der Waals surface area contributed by atoms with Crippen LogP contribution in [-0.4, -0.2) is 17.3 Å². The zero-order chi connectivity index (χ0) is 12.3. The first-order valence-corrected chi connectivity index (χ1v) is 5.68. The van der Waals surface area contributed by atoms with Crippen LogP contribution in [0.1, 0.15) is 31.2 Å². The SMILES string of the molecule is N#Cc1ccc(OCC2(O)CCCC2)c(F)c1. The van der Waals surface area contributed by atoms with E-state index in [1.807, 2.05) is 6.07 Å². The topological polar surface area (TPSA) is 53.2 Å². The van der Waals surface area contributed by atoms with Crippen molar-refractivity contribution in [3.8, 4) is 11.8 Å². The fraction of sp³-hybridized carbons (Fsp3) is 0.462. The maximum atomic E-state index is 13.5. The minimum atomic E-state index is -0.819. The molecule has 1 aromatic carbocycles. The van der Waals surface area contributed by atoms with Gasteiger partial charge in [0, 0.05) is 0 Å². The molecule has 4 heteroatoms. The monoisotopic (exact) mass is 235 g/mol. The summed E-state index contributed by atoms with van der Waals surface area (Å²) in [4.78, 5) is 0. The van der Waals surface area contributed by atoms with E-state index >= 15 is 0 Å². The van der Waals surface area contributed by atoms with Gasteiger partial charge in [-0.2, -0.15) is 5.26 Å². The molecular weight excluding hydrogens is 221 g/mol. The van der Waals surface area contributed by atoms with Crippen molar-refractivity contribution in [2.24, 2.45) is 0 Å². The summed E-state index contributed by atoms with van der Waals surface area (Å²) in [7, 11) is 0. The summed E-state index contributed by atoms with van der Waals surface area (Å²) in [6.45, 7) is 0.107. The lowest BCUT2D eigenvalue weighted by atomic mass is 10.0. The van der Waals surface area contributed by atoms with E-state index in [9.17, 15) is 9.50 Å². The minimum Gasteiger partial charge on any atom is -0.488 e. The Balaban J connectivity index is 2.02. The lowest BCUT2D eigenvalue weighted by molar-refractivity contribution is 0.000332. The average molecular weight is 235 g/mol. The Morgan fingerprint density at radius 2 is 2.12 bits per heavy atom. The quantitative estimate of drug-likeness (QED) is 0.875. The molecule has 0 radical (unpaired) electrons. The third-order valence-corrected chi connectivity index (χ3v) is 3.09. The van der Waals surface area contributed by atoms with Gasteiger partial charge in [-0.15, -0.1) is 0 Å². The van der Waals surface area contributed by atoms with Gasteiger partial charge in [0.25, 0.3) is 0 Å². The molecule has 0 bridgehead atoms. The van der Waals surface area contributed by atoms with Crippen molar-refractivity contribution in [1.82, 2.24) is 0 Å². The highest BCUT2D eigenvalue weighted by Gasteiger charge is 2.32. The molecule has 1 fully saturated rings. The highest BCUT2D eigenvalue weighted by molar-refractivity contribution is 5.36. The molecule has 3 nitrogen and oxygen atoms in total. The summed E-state index contributed by atoms with van der Waals surface area (Å²) >= 11 is 0. The van der Waals surface area contributed by atoms with Gasteiger partial charge in [0.05, 0.1) is 17.2 Å². The summed E-state index contributed by atoms with van der Waals surface area (Å²) in [6.07, 6.45) is 3.36. The molecule has 0 unspecified atom stereocenters. The van der Waals surface area contributed by atoms with Crippen molar-refractivity contribution in [3.05, 3.63) is 29.6 Å². The number of aliphatic hydroxyl groups is 1. The van der Waals surface area contributed by atoms with Gasteiger partial charge in [-0.05, 0) is 31.0 Å². The normalized spacial score (nSPS) is 17.7. The van der Waals surface area contributed by atoms with Gasteiger partial charge in [-0.3, -0.25) is 0 Å². The Bertz CT molecular complexity index is 447. The summed E-state index contributed by atoms with van der Waals surface area (Å²) in [5, 5.41) is 18.6. The number of ether oxygens (including phenoxy) is 1. The molecule has 1 saturated carbocycles. The molecule has 1 aromatic rings. The summed E-state index contributed by atoms with van der Waals surface area (Å²) < 4.78 is 18.8. The van der Waals surface area contributed by atoms with E-state index < -0.39 is 11.4 Å². The molecule has 90 valence electrons. The van der Waals surface area contributed by atoms with Crippen LogP contribution in [0.2, 0.25) is 0 Å². The molecule has 0 amide bonds. The maximum Gasteiger partial charge on any atom is 0.166 e. The van der Waals surface area contributed by atoms with Crippen molar-refractivity contribution in [2.45, 2.75) is 31.3 Å². The molecule has 0 saturated heterocycles. The van der Waals surface area contributed by atoms with Gasteiger partial charge in [0.2, 0.25) is 0 Å². The lowest BCUT2D eigenvalue weighted by Gasteiger charge is -2.22. The standard InChI is InChI=1S/C13H14FNO2/c14-11-7-10(8-15)3-4-12(11)17-9-13(16)5-1-2-6-13/h3-4,7,16H,1-2,5-6,9H2. The fourth-order valence-corrected chi connectivity index (χ4v) is 2.08. The zero-order valence-electron chi connectivity index (χ0n) is 9.45. The van der Waals surface area contributed by atoms with E-state index in [1.165, 1.54) is 12.1 Å². The van der Waals surface area contributed by atoms with E-state index in [-0.39, 0.29) is 17.9 Å². The Hall–Kier alpha value is -1.60. The number of nitriles is 1. The largest absolute Gasteiger partial charge is 0.488 e. The van der Waals surface area contributed by atoms with Gasteiger partial charge < -0.3 is 9.84 Å². The number of hydrogen-bond donors (Lipinski definition) is 1. The molecule has 2 rings (SSSR count). The van der Waals surface area contributed by atoms with Crippen molar-refractivity contribution >= 4 is 0 Å². The van der Waals surface area contributed by atoms with Gasteiger partial charge in [0.1, 0.15) is 6.61 Å². The van der Waals surface area contributed by atoms with Crippen LogP contribution in [0.15, 0.2) is 18.2 Å². The molecule has 0 atom stereocenters. The van der Waals surface area contributed by atoms with E-state index in [1.54, 1.807) is 0 Å². The molecule has 0 aromatic heterocycles. The van der Waals surface area contributed by atoms with E-state index in [0.29, 0.717) is 12.8 Å². The number of benzene rings is 1. The Morgan fingerprint density at radius 1 is 1.41 bits per heavy atom. The first-order chi connectivity index (χ1) is 8.13. The van der Waals surface area contributed by atoms with Crippen molar-refractivity contribution in [1.29, 1.82) is 5.26 Å². The molecule has 0 aliphatic heterocycles. The van der Waals surface area contributed by atoms with Gasteiger partial charge in [-0.1, -0.05) is 12.8 Å². The molecule has 1 N–H and O–H groups in total. The van der Waals surface area contributed by atoms with Gasteiger partial charge in [0.15, 0.2) is 11.6 Å². The van der Waals surface area contributed by atoms with Crippen LogP contribution in [0.5, 0.6) is 5.75 Å². The lowest BCUT2D eigenvalue weighted by Crippen LogP contribution is -2.32.